The van der Waals surface area contributed by atoms with Crippen molar-refractivity contribution in [2.45, 2.75) is 0 Å². The lowest BCUT2D eigenvalue weighted by molar-refractivity contribution is 0.411. The Morgan fingerprint density at radius 2 is 0.800 bits per heavy atom. The fourth-order valence-corrected chi connectivity index (χ4v) is 3.78. The molecule has 0 fully saturated rings. The highest BCUT2D eigenvalue weighted by Gasteiger charge is 2.21. The third kappa shape index (κ3) is 3.85. The van der Waals surface area contributed by atoms with Gasteiger partial charge in [-0.2, -0.15) is 0 Å². The summed E-state index contributed by atoms with van der Waals surface area (Å²) in [5.74, 6) is 1.64. The van der Waals surface area contributed by atoms with Gasteiger partial charge in [-0.3, -0.25) is 0 Å². The Hall–Kier alpha value is -3.78. The van der Waals surface area contributed by atoms with Crippen LogP contribution in [0.25, 0.3) is 11.1 Å². The van der Waals surface area contributed by atoms with Crippen LogP contribution >= 0.6 is 0 Å². The number of ether oxygens (including phenoxy) is 2. The number of hydrogen-bond acceptors (Lipinski definition) is 2. The van der Waals surface area contributed by atoms with Crippen molar-refractivity contribution in [2.75, 3.05) is 14.2 Å². The molecule has 2 heteroatoms. The minimum atomic E-state index is 0.822. The molecule has 0 radical (unpaired) electrons. The molecule has 0 heterocycles. The summed E-state index contributed by atoms with van der Waals surface area (Å²) in [4.78, 5) is 0. The Bertz CT molecular complexity index is 1050. The lowest BCUT2D eigenvalue weighted by atomic mass is 9.85. The number of methoxy groups -OCH3 is 2. The third-order valence-electron chi connectivity index (χ3n) is 5.13. The molecule has 0 saturated carbocycles. The maximum atomic E-state index is 5.77. The van der Waals surface area contributed by atoms with Crippen molar-refractivity contribution in [1.82, 2.24) is 0 Å². The average Bonchev–Trinajstić information content (AvgIpc) is 2.83. The summed E-state index contributed by atoms with van der Waals surface area (Å²) >= 11 is 0. The van der Waals surface area contributed by atoms with Crippen LogP contribution in [0.1, 0.15) is 22.3 Å². The molecule has 2 nitrogen and oxygen atoms in total. The Morgan fingerprint density at radius 3 is 1.20 bits per heavy atom. The zero-order valence-electron chi connectivity index (χ0n) is 17.2. The van der Waals surface area contributed by atoms with Gasteiger partial charge in [-0.25, -0.2) is 0 Å². The predicted octanol–water partition coefficient (Wildman–Crippen LogP) is 6.71. The quantitative estimate of drug-likeness (QED) is 0.339. The van der Waals surface area contributed by atoms with Crippen LogP contribution < -0.4 is 9.47 Å². The third-order valence-corrected chi connectivity index (χ3v) is 5.13. The van der Waals surface area contributed by atoms with Gasteiger partial charge in [-0.05, 0) is 28.8 Å². The van der Waals surface area contributed by atoms with E-state index in [0.29, 0.717) is 0 Å². The molecule has 0 atom stereocenters. The molecule has 0 bridgehead atoms. The molecular formula is C28H24O2. The van der Waals surface area contributed by atoms with Gasteiger partial charge < -0.3 is 9.47 Å². The normalized spacial score (nSPS) is 10.3. The molecule has 0 aliphatic rings. The summed E-state index contributed by atoms with van der Waals surface area (Å²) in [7, 11) is 3.42. The summed E-state index contributed by atoms with van der Waals surface area (Å²) in [6.07, 6.45) is 0. The number of rotatable bonds is 6. The van der Waals surface area contributed by atoms with Gasteiger partial charge in [0, 0.05) is 16.7 Å². The van der Waals surface area contributed by atoms with E-state index in [4.69, 9.17) is 9.47 Å². The van der Waals surface area contributed by atoms with E-state index >= 15 is 0 Å². The van der Waals surface area contributed by atoms with E-state index in [1.807, 2.05) is 48.5 Å². The lowest BCUT2D eigenvalue weighted by Crippen LogP contribution is -2.01. The van der Waals surface area contributed by atoms with Gasteiger partial charge in [0.05, 0.1) is 14.2 Å². The molecule has 30 heavy (non-hydrogen) atoms. The van der Waals surface area contributed by atoms with Crippen molar-refractivity contribution >= 4 is 11.1 Å². The zero-order chi connectivity index (χ0) is 20.8. The van der Waals surface area contributed by atoms with Gasteiger partial charge in [0.1, 0.15) is 11.5 Å². The van der Waals surface area contributed by atoms with E-state index < -0.39 is 0 Å². The fraction of sp³-hybridized carbons (Fsp3) is 0.0714. The standard InChI is InChI=1S/C28H24O2/c1-29-25-19-11-9-17-23(25)28(24-18-10-12-20-26(24)30-2)27(21-13-5-3-6-14-21)22-15-7-4-8-16-22/h3-20H,1-2H3. The molecule has 0 amide bonds. The first-order valence-corrected chi connectivity index (χ1v) is 9.95. The lowest BCUT2D eigenvalue weighted by Gasteiger charge is -2.21. The Kier molecular flexibility index (Phi) is 5.95. The van der Waals surface area contributed by atoms with Crippen molar-refractivity contribution in [3.63, 3.8) is 0 Å². The van der Waals surface area contributed by atoms with Crippen LogP contribution in [0.2, 0.25) is 0 Å². The molecule has 0 aromatic heterocycles. The van der Waals surface area contributed by atoms with Crippen molar-refractivity contribution < 1.29 is 9.47 Å². The van der Waals surface area contributed by atoms with Crippen LogP contribution in [0.5, 0.6) is 11.5 Å². The summed E-state index contributed by atoms with van der Waals surface area (Å²) in [6.45, 7) is 0. The first-order valence-electron chi connectivity index (χ1n) is 9.95. The summed E-state index contributed by atoms with van der Waals surface area (Å²) in [6, 6.07) is 37.2. The van der Waals surface area contributed by atoms with Crippen LogP contribution in [0.4, 0.5) is 0 Å². The molecule has 4 aromatic carbocycles. The Labute approximate surface area is 178 Å². The van der Waals surface area contributed by atoms with Gasteiger partial charge in [0.25, 0.3) is 0 Å². The second-order valence-electron chi connectivity index (χ2n) is 6.88. The van der Waals surface area contributed by atoms with Gasteiger partial charge >= 0.3 is 0 Å². The SMILES string of the molecule is COc1ccccc1C(=C(c1ccccc1)c1ccccc1)c1ccccc1OC. The van der Waals surface area contributed by atoms with Crippen molar-refractivity contribution in [2.24, 2.45) is 0 Å². The van der Waals surface area contributed by atoms with E-state index in [0.717, 1.165) is 44.9 Å². The van der Waals surface area contributed by atoms with Crippen LogP contribution in [0, 0.1) is 0 Å². The summed E-state index contributed by atoms with van der Waals surface area (Å²) < 4.78 is 11.5. The monoisotopic (exact) mass is 392 g/mol. The fourth-order valence-electron chi connectivity index (χ4n) is 3.78. The van der Waals surface area contributed by atoms with Gasteiger partial charge in [-0.15, -0.1) is 0 Å². The average molecular weight is 392 g/mol. The highest BCUT2D eigenvalue weighted by atomic mass is 16.5. The molecule has 0 spiro atoms. The van der Waals surface area contributed by atoms with Gasteiger partial charge in [0.15, 0.2) is 0 Å². The highest BCUT2D eigenvalue weighted by molar-refractivity contribution is 6.06. The topological polar surface area (TPSA) is 18.5 Å². The first-order chi connectivity index (χ1) is 14.8. The molecule has 148 valence electrons. The van der Waals surface area contributed by atoms with Crippen LogP contribution in [-0.2, 0) is 0 Å². The van der Waals surface area contributed by atoms with E-state index in [1.54, 1.807) is 14.2 Å². The Balaban J connectivity index is 2.17. The van der Waals surface area contributed by atoms with Crippen LogP contribution in [-0.4, -0.2) is 14.2 Å². The van der Waals surface area contributed by atoms with Crippen LogP contribution in [0.3, 0.4) is 0 Å². The second-order valence-corrected chi connectivity index (χ2v) is 6.88. The van der Waals surface area contributed by atoms with E-state index in [2.05, 4.69) is 60.7 Å². The molecule has 0 aliphatic carbocycles. The number of para-hydroxylation sites is 2. The van der Waals surface area contributed by atoms with E-state index in [-0.39, 0.29) is 0 Å². The van der Waals surface area contributed by atoms with Crippen molar-refractivity contribution in [1.29, 1.82) is 0 Å². The second kappa shape index (κ2) is 9.15. The maximum Gasteiger partial charge on any atom is 0.126 e. The zero-order valence-corrected chi connectivity index (χ0v) is 17.2. The molecule has 4 rings (SSSR count). The maximum absolute atomic E-state index is 5.77. The molecular weight excluding hydrogens is 368 g/mol. The van der Waals surface area contributed by atoms with Crippen molar-refractivity contribution in [3.05, 3.63) is 131 Å². The number of benzene rings is 4. The largest absolute Gasteiger partial charge is 0.496 e. The van der Waals surface area contributed by atoms with Gasteiger partial charge in [-0.1, -0.05) is 97.1 Å². The minimum absolute atomic E-state index is 0.822. The first kappa shape index (κ1) is 19.5. The predicted molar refractivity (Wildman–Crippen MR) is 124 cm³/mol. The van der Waals surface area contributed by atoms with E-state index in [9.17, 15) is 0 Å². The number of hydrogen-bond donors (Lipinski definition) is 0. The summed E-state index contributed by atoms with van der Waals surface area (Å²) in [5, 5.41) is 0. The summed E-state index contributed by atoms with van der Waals surface area (Å²) in [5.41, 5.74) is 6.51. The smallest absolute Gasteiger partial charge is 0.126 e. The molecule has 0 saturated heterocycles. The Morgan fingerprint density at radius 1 is 0.433 bits per heavy atom. The van der Waals surface area contributed by atoms with Crippen molar-refractivity contribution in [3.8, 4) is 11.5 Å². The highest BCUT2D eigenvalue weighted by Crippen LogP contribution is 2.42. The molecule has 4 aromatic rings. The van der Waals surface area contributed by atoms with Crippen LogP contribution in [0.15, 0.2) is 109 Å². The minimum Gasteiger partial charge on any atom is -0.496 e. The molecule has 0 unspecified atom stereocenters. The molecule has 0 N–H and O–H groups in total. The van der Waals surface area contributed by atoms with E-state index in [1.165, 1.54) is 0 Å². The molecule has 0 aliphatic heterocycles. The van der Waals surface area contributed by atoms with Gasteiger partial charge in [0.2, 0.25) is 0 Å².